The van der Waals surface area contributed by atoms with Crippen LogP contribution in [0.2, 0.25) is 19.1 Å². The molecular weight excluding hydrogens is 481 g/mol. The highest BCUT2D eigenvalue weighted by Crippen LogP contribution is 2.17. The molecule has 0 fully saturated rings. The minimum atomic E-state index is -2.40. The summed E-state index contributed by atoms with van der Waals surface area (Å²) in [4.78, 5) is 10.4. The molecule has 0 radical (unpaired) electrons. The molecule has 0 rings (SSSR count). The first kappa shape index (κ1) is 37.1. The van der Waals surface area contributed by atoms with Gasteiger partial charge in [0.1, 0.15) is 0 Å². The van der Waals surface area contributed by atoms with E-state index in [0.29, 0.717) is 42.3 Å². The number of carbonyl (C=O) groups excluding carboxylic acids is 1. The molecule has 32 heavy (non-hydrogen) atoms. The van der Waals surface area contributed by atoms with Crippen molar-refractivity contribution in [3.05, 3.63) is 0 Å². The minimum absolute atomic E-state index is 0.198. The third-order valence-electron chi connectivity index (χ3n) is 4.29. The number of halogens is 2. The topological polar surface area (TPSA) is 70.8 Å². The Morgan fingerprint density at radius 2 is 1.16 bits per heavy atom. The predicted octanol–water partition coefficient (Wildman–Crippen LogP) is 6.53. The molecule has 0 aromatic carbocycles. The zero-order valence-corrected chi connectivity index (χ0v) is 25.6. The van der Waals surface area contributed by atoms with E-state index in [9.17, 15) is 4.79 Å². The summed E-state index contributed by atoms with van der Waals surface area (Å²) in [5.74, 6) is 0.798. The van der Waals surface area contributed by atoms with Crippen molar-refractivity contribution in [2.24, 2.45) is 5.73 Å². The van der Waals surface area contributed by atoms with Crippen molar-refractivity contribution in [2.75, 3.05) is 32.2 Å². The summed E-state index contributed by atoms with van der Waals surface area (Å²) >= 11 is 10.8. The van der Waals surface area contributed by atoms with Gasteiger partial charge in [0, 0.05) is 47.7 Å². The van der Waals surface area contributed by atoms with Crippen LogP contribution in [-0.4, -0.2) is 55.8 Å². The lowest BCUT2D eigenvalue weighted by Crippen LogP contribution is -2.46. The van der Waals surface area contributed by atoms with Crippen LogP contribution in [0.25, 0.3) is 0 Å². The molecule has 0 aromatic heterocycles. The summed E-state index contributed by atoms with van der Waals surface area (Å²) in [6.07, 6.45) is 12.4. The molecule has 0 aliphatic carbocycles. The van der Waals surface area contributed by atoms with Gasteiger partial charge in [0.05, 0.1) is 0 Å². The number of rotatable bonds is 20. The fourth-order valence-electron chi connectivity index (χ4n) is 2.92. The second kappa shape index (κ2) is 31.5. The predicted molar refractivity (Wildman–Crippen MR) is 147 cm³/mol. The maximum Gasteiger partial charge on any atom is 0.500 e. The number of alkyl halides is 1. The summed E-state index contributed by atoms with van der Waals surface area (Å²) in [5, 5.41) is -0.198. The maximum absolute atomic E-state index is 10.4. The Kier molecular flexibility index (Phi) is 36.5. The normalized spacial score (nSPS) is 10.8. The van der Waals surface area contributed by atoms with Crippen molar-refractivity contribution in [2.45, 2.75) is 111 Å². The Morgan fingerprint density at radius 3 is 1.47 bits per heavy atom. The summed E-state index contributed by atoms with van der Waals surface area (Å²) in [6, 6.07) is 0.818. The Morgan fingerprint density at radius 1 is 0.781 bits per heavy atom. The van der Waals surface area contributed by atoms with E-state index in [4.69, 9.17) is 42.2 Å². The van der Waals surface area contributed by atoms with Crippen LogP contribution < -0.4 is 5.73 Å². The van der Waals surface area contributed by atoms with Crippen LogP contribution in [0.1, 0.15) is 91.4 Å². The van der Waals surface area contributed by atoms with Crippen LogP contribution in [0, 0.1) is 0 Å². The van der Waals surface area contributed by atoms with Gasteiger partial charge in [-0.15, -0.1) is 11.6 Å². The van der Waals surface area contributed by atoms with Crippen molar-refractivity contribution < 1.29 is 18.1 Å². The van der Waals surface area contributed by atoms with Gasteiger partial charge < -0.3 is 19.0 Å². The molecule has 0 bridgehead atoms. The van der Waals surface area contributed by atoms with E-state index in [2.05, 4.69) is 13.1 Å². The third-order valence-corrected chi connectivity index (χ3v) is 7.89. The molecule has 0 atom stereocenters. The van der Waals surface area contributed by atoms with E-state index in [1.165, 1.54) is 38.5 Å². The first-order valence-corrected chi connectivity index (χ1v) is 18.5. The average molecular weight is 535 g/mol. The fourth-order valence-corrected chi connectivity index (χ4v) is 5.88. The average Bonchev–Trinajstić information content (AvgIpc) is 2.75. The van der Waals surface area contributed by atoms with Gasteiger partial charge in [-0.25, -0.2) is 0 Å². The molecular formula is C23H53Cl2NO4Si2. The molecule has 2 N–H and O–H groups in total. The minimum Gasteiger partial charge on any atom is -0.374 e. The standard InChI is InChI=1S/C12H22Cl2O.C9H23NO3Si.C2H8Si/c13-11-9-7-5-3-1-2-4-6-8-10-12(14)15;1-4-11-14(12-5-2,13-6-3)9-7-8-10;1-3-2/h1-11H2;4-10H2,1-3H3;3H2,1-2H3. The smallest absolute Gasteiger partial charge is 0.374 e. The Hall–Kier alpha value is 0.524. The largest absolute Gasteiger partial charge is 0.500 e. The molecule has 0 amide bonds. The summed E-state index contributed by atoms with van der Waals surface area (Å²) in [5.41, 5.74) is 5.48. The van der Waals surface area contributed by atoms with Crippen LogP contribution in [-0.2, 0) is 18.1 Å². The lowest BCUT2D eigenvalue weighted by Gasteiger charge is -2.28. The summed E-state index contributed by atoms with van der Waals surface area (Å²) in [7, 11) is -1.98. The van der Waals surface area contributed by atoms with Crippen LogP contribution in [0.4, 0.5) is 0 Å². The molecule has 0 spiro atoms. The van der Waals surface area contributed by atoms with Gasteiger partial charge in [0.2, 0.25) is 5.24 Å². The van der Waals surface area contributed by atoms with Crippen molar-refractivity contribution in [1.82, 2.24) is 0 Å². The fraction of sp³-hybridized carbons (Fsp3) is 0.957. The monoisotopic (exact) mass is 533 g/mol. The Balaban J connectivity index is -0.000000468. The van der Waals surface area contributed by atoms with Gasteiger partial charge in [-0.2, -0.15) is 0 Å². The molecule has 0 saturated heterocycles. The molecule has 0 aliphatic heterocycles. The van der Waals surface area contributed by atoms with Crippen LogP contribution in [0.5, 0.6) is 0 Å². The molecule has 0 unspecified atom stereocenters. The number of hydrogen-bond acceptors (Lipinski definition) is 5. The van der Waals surface area contributed by atoms with Gasteiger partial charge in [-0.3, -0.25) is 4.79 Å². The number of hydrogen-bond donors (Lipinski definition) is 1. The quantitative estimate of drug-likeness (QED) is 0.0833. The van der Waals surface area contributed by atoms with Crippen molar-refractivity contribution in [1.29, 1.82) is 0 Å². The molecule has 5 nitrogen and oxygen atoms in total. The highest BCUT2D eigenvalue weighted by Gasteiger charge is 2.39. The lowest BCUT2D eigenvalue weighted by atomic mass is 10.1. The first-order chi connectivity index (χ1) is 15.4. The Bertz CT molecular complexity index is 354. The molecule has 0 aromatic rings. The Labute approximate surface area is 213 Å². The maximum atomic E-state index is 10.4. The number of carbonyl (C=O) groups is 1. The lowest BCUT2D eigenvalue weighted by molar-refractivity contribution is -0.111. The van der Waals surface area contributed by atoms with E-state index in [-0.39, 0.29) is 5.24 Å². The molecule has 0 aliphatic rings. The van der Waals surface area contributed by atoms with E-state index >= 15 is 0 Å². The molecule has 0 heterocycles. The van der Waals surface area contributed by atoms with Crippen LogP contribution in [0.3, 0.4) is 0 Å². The van der Waals surface area contributed by atoms with Crippen LogP contribution in [0.15, 0.2) is 0 Å². The summed E-state index contributed by atoms with van der Waals surface area (Å²) in [6.45, 7) is 13.0. The first-order valence-electron chi connectivity index (χ1n) is 12.8. The second-order valence-electron chi connectivity index (χ2n) is 7.56. The van der Waals surface area contributed by atoms with Crippen molar-refractivity contribution in [3.63, 3.8) is 0 Å². The molecule has 0 saturated carbocycles. The van der Waals surface area contributed by atoms with Gasteiger partial charge in [-0.05, 0) is 58.2 Å². The zero-order chi connectivity index (χ0) is 24.9. The van der Waals surface area contributed by atoms with Gasteiger partial charge in [0.15, 0.2) is 0 Å². The van der Waals surface area contributed by atoms with E-state index in [0.717, 1.165) is 37.6 Å². The SMILES string of the molecule is CCO[Si](CCCN)(OCC)OCC.C[SiH2]C.O=C(Cl)CCCCCCCCCCCCl. The van der Waals surface area contributed by atoms with Gasteiger partial charge >= 0.3 is 8.80 Å². The highest BCUT2D eigenvalue weighted by molar-refractivity contribution is 6.63. The van der Waals surface area contributed by atoms with Crippen molar-refractivity contribution in [3.8, 4) is 0 Å². The number of nitrogens with two attached hydrogens (primary N) is 1. The van der Waals surface area contributed by atoms with Crippen molar-refractivity contribution >= 4 is 46.8 Å². The van der Waals surface area contributed by atoms with E-state index < -0.39 is 8.80 Å². The zero-order valence-electron chi connectivity index (χ0n) is 21.7. The highest BCUT2D eigenvalue weighted by atomic mass is 35.5. The summed E-state index contributed by atoms with van der Waals surface area (Å²) < 4.78 is 17.0. The van der Waals surface area contributed by atoms with Crippen LogP contribution >= 0.6 is 23.2 Å². The van der Waals surface area contributed by atoms with E-state index in [1.807, 2.05) is 20.8 Å². The number of unbranched alkanes of at least 4 members (excludes halogenated alkanes) is 8. The van der Waals surface area contributed by atoms with E-state index in [1.54, 1.807) is 0 Å². The second-order valence-corrected chi connectivity index (χ2v) is 12.5. The van der Waals surface area contributed by atoms with Gasteiger partial charge in [0.25, 0.3) is 0 Å². The molecule has 9 heteroatoms. The molecule has 196 valence electrons. The third kappa shape index (κ3) is 30.5. The van der Waals surface area contributed by atoms with Gasteiger partial charge in [-0.1, -0.05) is 58.0 Å².